The molecule has 26 heavy (non-hydrogen) atoms. The second-order valence-corrected chi connectivity index (χ2v) is 7.04. The molecule has 3 rings (SSSR count). The number of piperidine rings is 1. The Bertz CT molecular complexity index is 719. The van der Waals surface area contributed by atoms with Crippen molar-refractivity contribution in [3.8, 4) is 0 Å². The van der Waals surface area contributed by atoms with Gasteiger partial charge in [0.1, 0.15) is 4.99 Å². The number of allylic oxidation sites excluding steroid dienone is 1. The second kappa shape index (κ2) is 8.99. The minimum atomic E-state index is -0.469. The Labute approximate surface area is 160 Å². The number of likely N-dealkylation sites (tertiary alicyclic amines) is 1. The Morgan fingerprint density at radius 1 is 1.19 bits per heavy atom. The molecular weight excluding hydrogens is 344 g/mol. The van der Waals surface area contributed by atoms with Crippen LogP contribution in [0.2, 0.25) is 0 Å². The summed E-state index contributed by atoms with van der Waals surface area (Å²) in [5, 5.41) is 2.73. The van der Waals surface area contributed by atoms with E-state index in [0.29, 0.717) is 11.6 Å². The van der Waals surface area contributed by atoms with Gasteiger partial charge in [-0.05, 0) is 56.2 Å². The number of amides is 1. The van der Waals surface area contributed by atoms with Crippen LogP contribution in [0, 0.1) is 0 Å². The van der Waals surface area contributed by atoms with Crippen LogP contribution in [0.25, 0.3) is 6.08 Å². The van der Waals surface area contributed by atoms with Crippen molar-refractivity contribution in [3.63, 3.8) is 0 Å². The molecule has 1 aromatic carbocycles. The van der Waals surface area contributed by atoms with Crippen molar-refractivity contribution in [1.82, 2.24) is 10.2 Å². The van der Waals surface area contributed by atoms with E-state index in [1.54, 1.807) is 6.92 Å². The molecule has 0 unspecified atom stereocenters. The number of alkyl carbamates (subject to hydrolysis) is 1. The zero-order valence-corrected chi connectivity index (χ0v) is 16.1. The summed E-state index contributed by atoms with van der Waals surface area (Å²) in [6.07, 6.45) is 7.27. The highest BCUT2D eigenvalue weighted by Gasteiger charge is 2.28. The van der Waals surface area contributed by atoms with E-state index in [1.165, 1.54) is 36.1 Å². The number of hydrogen-bond donors (Lipinski definition) is 1. The number of carbonyl (C=O) groups is 1. The van der Waals surface area contributed by atoms with Crippen LogP contribution < -0.4 is 5.32 Å². The van der Waals surface area contributed by atoms with Gasteiger partial charge in [-0.3, -0.25) is 5.32 Å². The molecule has 0 atom stereocenters. The summed E-state index contributed by atoms with van der Waals surface area (Å²) < 4.78 is 4.99. The lowest BCUT2D eigenvalue weighted by Crippen LogP contribution is -2.34. The maximum absolute atomic E-state index is 11.8. The Kier molecular flexibility index (Phi) is 6.45. The molecule has 4 nitrogen and oxygen atoms in total. The molecule has 0 saturated carbocycles. The third kappa shape index (κ3) is 4.52. The number of ether oxygens (including phenoxy) is 1. The van der Waals surface area contributed by atoms with Gasteiger partial charge in [-0.2, -0.15) is 0 Å². The summed E-state index contributed by atoms with van der Waals surface area (Å²) >= 11 is 5.54. The highest BCUT2D eigenvalue weighted by Crippen LogP contribution is 2.37. The number of benzene rings is 1. The van der Waals surface area contributed by atoms with Crippen molar-refractivity contribution >= 4 is 29.4 Å². The maximum atomic E-state index is 11.8. The lowest BCUT2D eigenvalue weighted by molar-refractivity contribution is 0.158. The summed E-state index contributed by atoms with van der Waals surface area (Å²) in [5.41, 5.74) is 4.79. The van der Waals surface area contributed by atoms with E-state index in [9.17, 15) is 4.79 Å². The molecule has 1 heterocycles. The van der Waals surface area contributed by atoms with Gasteiger partial charge in [0.15, 0.2) is 0 Å². The number of hydrogen-bond acceptors (Lipinski definition) is 4. The lowest BCUT2D eigenvalue weighted by atomic mass is 10.0. The van der Waals surface area contributed by atoms with E-state index >= 15 is 0 Å². The summed E-state index contributed by atoms with van der Waals surface area (Å²) in [6.45, 7) is 4.23. The predicted molar refractivity (Wildman–Crippen MR) is 109 cm³/mol. The van der Waals surface area contributed by atoms with Crippen molar-refractivity contribution < 1.29 is 9.53 Å². The van der Waals surface area contributed by atoms with Gasteiger partial charge in [0, 0.05) is 24.4 Å². The fraction of sp³-hybridized carbons (Fsp3) is 0.429. The second-order valence-electron chi connectivity index (χ2n) is 6.63. The molecule has 0 spiro atoms. The third-order valence-corrected chi connectivity index (χ3v) is 5.16. The number of nitrogens with zero attached hydrogens (tertiary/aromatic N) is 1. The fourth-order valence-electron chi connectivity index (χ4n) is 3.65. The van der Waals surface area contributed by atoms with E-state index in [-0.39, 0.29) is 0 Å². The molecule has 2 aliphatic rings. The van der Waals surface area contributed by atoms with Gasteiger partial charge in [0.2, 0.25) is 0 Å². The zero-order valence-electron chi connectivity index (χ0n) is 15.3. The van der Waals surface area contributed by atoms with Gasteiger partial charge < -0.3 is 9.64 Å². The first kappa shape index (κ1) is 18.6. The van der Waals surface area contributed by atoms with Gasteiger partial charge in [-0.25, -0.2) is 4.79 Å². The number of rotatable bonds is 4. The molecule has 0 aromatic heterocycles. The normalized spacial score (nSPS) is 19.0. The van der Waals surface area contributed by atoms with Crippen LogP contribution in [0.5, 0.6) is 0 Å². The van der Waals surface area contributed by atoms with Crippen LogP contribution in [-0.4, -0.2) is 35.7 Å². The molecule has 1 aliphatic carbocycles. The van der Waals surface area contributed by atoms with Gasteiger partial charge >= 0.3 is 6.09 Å². The Balaban J connectivity index is 1.90. The lowest BCUT2D eigenvalue weighted by Gasteiger charge is -2.32. The Hall–Kier alpha value is -2.14. The monoisotopic (exact) mass is 370 g/mol. The van der Waals surface area contributed by atoms with Crippen molar-refractivity contribution in [1.29, 1.82) is 0 Å². The third-order valence-electron chi connectivity index (χ3n) is 4.81. The van der Waals surface area contributed by atoms with Crippen LogP contribution in [-0.2, 0) is 4.74 Å². The van der Waals surface area contributed by atoms with Gasteiger partial charge in [-0.1, -0.05) is 42.5 Å². The molecule has 0 radical (unpaired) electrons. The first-order chi connectivity index (χ1) is 12.7. The Morgan fingerprint density at radius 2 is 1.92 bits per heavy atom. The van der Waals surface area contributed by atoms with Crippen LogP contribution >= 0.6 is 12.2 Å². The van der Waals surface area contributed by atoms with Crippen molar-refractivity contribution in [2.24, 2.45) is 0 Å². The summed E-state index contributed by atoms with van der Waals surface area (Å²) in [5.74, 6) is 0. The Morgan fingerprint density at radius 3 is 2.62 bits per heavy atom. The van der Waals surface area contributed by atoms with E-state index < -0.39 is 6.09 Å². The first-order valence-corrected chi connectivity index (χ1v) is 9.82. The molecule has 1 N–H and O–H groups in total. The SMILES string of the molecule is CCOC(=O)NC(=S)C1=C(N2CCCCC2)/C(=C/c2ccccc2)CC1. The number of nitrogens with one attached hydrogen (secondary N) is 1. The molecule has 5 heteroatoms. The molecule has 1 fully saturated rings. The summed E-state index contributed by atoms with van der Waals surface area (Å²) in [6, 6.07) is 10.4. The molecule has 1 amide bonds. The maximum Gasteiger partial charge on any atom is 0.412 e. The fourth-order valence-corrected chi connectivity index (χ4v) is 3.93. The summed E-state index contributed by atoms with van der Waals surface area (Å²) in [7, 11) is 0. The standard InChI is InChI=1S/C21H26N2O2S/c1-2-25-21(24)22-20(26)18-12-11-17(15-16-9-5-3-6-10-16)19(18)23-13-7-4-8-14-23/h3,5-6,9-10,15H,2,4,7-8,11-14H2,1H3,(H,22,24,26)/b17-15+. The highest BCUT2D eigenvalue weighted by atomic mass is 32.1. The molecular formula is C21H26N2O2S. The van der Waals surface area contributed by atoms with Gasteiger partial charge in [-0.15, -0.1) is 0 Å². The summed E-state index contributed by atoms with van der Waals surface area (Å²) in [4.78, 5) is 14.7. The van der Waals surface area contributed by atoms with Gasteiger partial charge in [0.05, 0.1) is 6.61 Å². The smallest absolute Gasteiger partial charge is 0.412 e. The van der Waals surface area contributed by atoms with Crippen LogP contribution in [0.1, 0.15) is 44.6 Å². The van der Waals surface area contributed by atoms with Crippen molar-refractivity contribution in [2.75, 3.05) is 19.7 Å². The highest BCUT2D eigenvalue weighted by molar-refractivity contribution is 7.80. The molecule has 1 aromatic rings. The van der Waals surface area contributed by atoms with Crippen LogP contribution in [0.3, 0.4) is 0 Å². The molecule has 1 saturated heterocycles. The van der Waals surface area contributed by atoms with Crippen LogP contribution in [0.4, 0.5) is 4.79 Å². The zero-order chi connectivity index (χ0) is 18.4. The average Bonchev–Trinajstić information content (AvgIpc) is 3.07. The predicted octanol–water partition coefficient (Wildman–Crippen LogP) is 4.68. The number of carbonyl (C=O) groups excluding carboxylic acids is 1. The van der Waals surface area contributed by atoms with E-state index in [4.69, 9.17) is 17.0 Å². The largest absolute Gasteiger partial charge is 0.450 e. The van der Waals surface area contributed by atoms with Crippen molar-refractivity contribution in [2.45, 2.75) is 39.0 Å². The van der Waals surface area contributed by atoms with E-state index in [1.807, 2.05) is 6.07 Å². The van der Waals surface area contributed by atoms with Crippen LogP contribution in [0.15, 0.2) is 47.2 Å². The van der Waals surface area contributed by atoms with E-state index in [2.05, 4.69) is 40.6 Å². The topological polar surface area (TPSA) is 41.6 Å². The first-order valence-electron chi connectivity index (χ1n) is 9.41. The minimum Gasteiger partial charge on any atom is -0.450 e. The molecule has 1 aliphatic heterocycles. The minimum absolute atomic E-state index is 0.339. The van der Waals surface area contributed by atoms with E-state index in [0.717, 1.165) is 31.5 Å². The quantitative estimate of drug-likeness (QED) is 0.782. The average molecular weight is 371 g/mol. The number of thiocarbonyl (C=S) groups is 1. The molecule has 0 bridgehead atoms. The molecule has 138 valence electrons. The van der Waals surface area contributed by atoms with Crippen molar-refractivity contribution in [3.05, 3.63) is 52.7 Å². The van der Waals surface area contributed by atoms with Gasteiger partial charge in [0.25, 0.3) is 0 Å².